The molecular weight excluding hydrogens is 322 g/mol. The van der Waals surface area contributed by atoms with Crippen LogP contribution >= 0.6 is 0 Å². The van der Waals surface area contributed by atoms with Crippen molar-refractivity contribution in [1.82, 2.24) is 15.1 Å². The lowest BCUT2D eigenvalue weighted by Gasteiger charge is -2.21. The van der Waals surface area contributed by atoms with Gasteiger partial charge in [0.15, 0.2) is 5.69 Å². The van der Waals surface area contributed by atoms with Gasteiger partial charge in [-0.15, -0.1) is 0 Å². The van der Waals surface area contributed by atoms with Crippen molar-refractivity contribution in [2.45, 2.75) is 38.6 Å². The molecule has 1 aromatic heterocycles. The molecule has 0 radical (unpaired) electrons. The lowest BCUT2D eigenvalue weighted by atomic mass is 9.89. The number of hydrogen-bond donors (Lipinski definition) is 2. The third kappa shape index (κ3) is 3.87. The third-order valence-corrected chi connectivity index (χ3v) is 4.68. The van der Waals surface area contributed by atoms with Gasteiger partial charge in [-0.25, -0.2) is 9.48 Å². The van der Waals surface area contributed by atoms with Crippen LogP contribution in [0.3, 0.4) is 0 Å². The van der Waals surface area contributed by atoms with Crippen molar-refractivity contribution < 1.29 is 14.7 Å². The third-order valence-electron chi connectivity index (χ3n) is 4.68. The minimum atomic E-state index is -1.23. The summed E-state index contributed by atoms with van der Waals surface area (Å²) in [7, 11) is 0. The topological polar surface area (TPSA) is 101 Å². The molecule has 1 aliphatic rings. The summed E-state index contributed by atoms with van der Waals surface area (Å²) in [5.41, 5.74) is -0.691. The predicted octanol–water partition coefficient (Wildman–Crippen LogP) is 1.79. The van der Waals surface area contributed by atoms with Gasteiger partial charge in [0, 0.05) is 11.9 Å². The Morgan fingerprint density at radius 3 is 2.52 bits per heavy atom. The second-order valence-electron chi connectivity index (χ2n) is 6.47. The zero-order valence-corrected chi connectivity index (χ0v) is 13.9. The Balaban J connectivity index is 1.78. The molecule has 3 rings (SSSR count). The molecule has 0 atom stereocenters. The quantitative estimate of drug-likeness (QED) is 0.862. The Morgan fingerprint density at radius 1 is 1.16 bits per heavy atom. The SMILES string of the molecule is O=C(Cn1nc(C(=O)O)c2ccccc2c1=O)NCC1CCCCC1. The van der Waals surface area contributed by atoms with E-state index in [9.17, 15) is 19.5 Å². The van der Waals surface area contributed by atoms with E-state index in [1.807, 2.05) is 0 Å². The molecule has 1 aliphatic carbocycles. The molecule has 7 heteroatoms. The van der Waals surface area contributed by atoms with E-state index in [4.69, 9.17) is 0 Å². The van der Waals surface area contributed by atoms with Crippen LogP contribution in [-0.2, 0) is 11.3 Å². The lowest BCUT2D eigenvalue weighted by molar-refractivity contribution is -0.122. The van der Waals surface area contributed by atoms with Gasteiger partial charge < -0.3 is 10.4 Å². The number of carboxylic acids is 1. The van der Waals surface area contributed by atoms with Crippen LogP contribution in [0.5, 0.6) is 0 Å². The number of carboxylic acid groups (broad SMARTS) is 1. The lowest BCUT2D eigenvalue weighted by Crippen LogP contribution is -2.37. The fourth-order valence-electron chi connectivity index (χ4n) is 3.34. The average molecular weight is 343 g/mol. The van der Waals surface area contributed by atoms with Crippen LogP contribution in [0.15, 0.2) is 29.1 Å². The van der Waals surface area contributed by atoms with Gasteiger partial charge in [-0.3, -0.25) is 9.59 Å². The smallest absolute Gasteiger partial charge is 0.357 e. The normalized spacial score (nSPS) is 15.2. The van der Waals surface area contributed by atoms with Gasteiger partial charge in [0.05, 0.1) is 5.39 Å². The molecular formula is C18H21N3O4. The maximum absolute atomic E-state index is 12.5. The summed E-state index contributed by atoms with van der Waals surface area (Å²) in [6, 6.07) is 6.39. The number of carbonyl (C=O) groups is 2. The van der Waals surface area contributed by atoms with E-state index in [-0.39, 0.29) is 28.9 Å². The molecule has 1 aromatic carbocycles. The maximum Gasteiger partial charge on any atom is 0.357 e. The highest BCUT2D eigenvalue weighted by molar-refractivity contribution is 6.01. The zero-order chi connectivity index (χ0) is 17.8. The molecule has 7 nitrogen and oxygen atoms in total. The monoisotopic (exact) mass is 343 g/mol. The first kappa shape index (κ1) is 17.1. The summed E-state index contributed by atoms with van der Waals surface area (Å²) in [5.74, 6) is -1.08. The van der Waals surface area contributed by atoms with Crippen LogP contribution in [0.2, 0.25) is 0 Å². The molecule has 0 saturated heterocycles. The Labute approximate surface area is 144 Å². The summed E-state index contributed by atoms with van der Waals surface area (Å²) in [5, 5.41) is 16.6. The van der Waals surface area contributed by atoms with E-state index in [1.54, 1.807) is 24.3 Å². The molecule has 25 heavy (non-hydrogen) atoms. The Kier molecular flexibility index (Phi) is 5.11. The number of aromatic carboxylic acids is 1. The maximum atomic E-state index is 12.5. The Hall–Kier alpha value is -2.70. The number of nitrogens with one attached hydrogen (secondary N) is 1. The first-order chi connectivity index (χ1) is 12.1. The van der Waals surface area contributed by atoms with Crippen molar-refractivity contribution in [3.63, 3.8) is 0 Å². The molecule has 0 bridgehead atoms. The molecule has 0 unspecified atom stereocenters. The predicted molar refractivity (Wildman–Crippen MR) is 92.5 cm³/mol. The molecule has 132 valence electrons. The van der Waals surface area contributed by atoms with Gasteiger partial charge in [-0.2, -0.15) is 5.10 Å². The minimum absolute atomic E-state index is 0.227. The fraction of sp³-hybridized carbons (Fsp3) is 0.444. The van der Waals surface area contributed by atoms with Crippen molar-refractivity contribution in [3.8, 4) is 0 Å². The van der Waals surface area contributed by atoms with Crippen LogP contribution in [0.1, 0.15) is 42.6 Å². The Morgan fingerprint density at radius 2 is 1.84 bits per heavy atom. The van der Waals surface area contributed by atoms with Gasteiger partial charge in [0.25, 0.3) is 5.56 Å². The minimum Gasteiger partial charge on any atom is -0.476 e. The second-order valence-corrected chi connectivity index (χ2v) is 6.47. The number of amides is 1. The molecule has 1 amide bonds. The van der Waals surface area contributed by atoms with Crippen molar-refractivity contribution in [2.24, 2.45) is 5.92 Å². The molecule has 0 spiro atoms. The molecule has 1 fully saturated rings. The number of rotatable bonds is 5. The molecule has 1 saturated carbocycles. The van der Waals surface area contributed by atoms with Crippen LogP contribution in [-0.4, -0.2) is 33.3 Å². The van der Waals surface area contributed by atoms with Gasteiger partial charge in [-0.05, 0) is 24.8 Å². The summed E-state index contributed by atoms with van der Waals surface area (Å²) in [6.45, 7) is 0.309. The highest BCUT2D eigenvalue weighted by atomic mass is 16.4. The molecule has 0 aliphatic heterocycles. The van der Waals surface area contributed by atoms with Gasteiger partial charge in [-0.1, -0.05) is 37.5 Å². The van der Waals surface area contributed by atoms with Crippen LogP contribution in [0, 0.1) is 5.92 Å². The number of hydrogen-bond acceptors (Lipinski definition) is 4. The van der Waals surface area contributed by atoms with E-state index in [0.717, 1.165) is 17.5 Å². The summed E-state index contributed by atoms with van der Waals surface area (Å²) >= 11 is 0. The van der Waals surface area contributed by atoms with Crippen LogP contribution in [0.4, 0.5) is 0 Å². The molecule has 1 heterocycles. The van der Waals surface area contributed by atoms with Gasteiger partial charge in [0.1, 0.15) is 6.54 Å². The summed E-state index contributed by atoms with van der Waals surface area (Å²) in [4.78, 5) is 36.1. The van der Waals surface area contributed by atoms with E-state index >= 15 is 0 Å². The van der Waals surface area contributed by atoms with Crippen LogP contribution in [0.25, 0.3) is 10.8 Å². The van der Waals surface area contributed by atoms with Gasteiger partial charge >= 0.3 is 5.97 Å². The van der Waals surface area contributed by atoms with Crippen molar-refractivity contribution in [1.29, 1.82) is 0 Å². The van der Waals surface area contributed by atoms with E-state index in [2.05, 4.69) is 10.4 Å². The highest BCUT2D eigenvalue weighted by Gasteiger charge is 2.18. The first-order valence-electron chi connectivity index (χ1n) is 8.56. The number of carbonyl (C=O) groups excluding carboxylic acids is 1. The molecule has 2 aromatic rings. The highest BCUT2D eigenvalue weighted by Crippen LogP contribution is 2.22. The number of fused-ring (bicyclic) bond motifs is 1. The fourth-order valence-corrected chi connectivity index (χ4v) is 3.34. The van der Waals surface area contributed by atoms with Crippen molar-refractivity contribution in [2.75, 3.05) is 6.54 Å². The standard InChI is InChI=1S/C18H21N3O4/c22-15(19-10-12-6-2-1-3-7-12)11-21-17(23)14-9-5-4-8-13(14)16(20-21)18(24)25/h4-5,8-9,12H,1-3,6-7,10-11H2,(H,19,22)(H,24,25). The molecule has 2 N–H and O–H groups in total. The van der Waals surface area contributed by atoms with Crippen molar-refractivity contribution >= 4 is 22.6 Å². The first-order valence-corrected chi connectivity index (χ1v) is 8.56. The zero-order valence-electron chi connectivity index (χ0n) is 13.9. The average Bonchev–Trinajstić information content (AvgIpc) is 2.63. The largest absolute Gasteiger partial charge is 0.476 e. The van der Waals surface area contributed by atoms with E-state index < -0.39 is 11.5 Å². The number of aromatic nitrogens is 2. The van der Waals surface area contributed by atoms with Gasteiger partial charge in [0.2, 0.25) is 5.91 Å². The second kappa shape index (κ2) is 7.46. The van der Waals surface area contributed by atoms with Crippen molar-refractivity contribution in [3.05, 3.63) is 40.3 Å². The summed E-state index contributed by atoms with van der Waals surface area (Å²) in [6.07, 6.45) is 5.84. The number of benzene rings is 1. The summed E-state index contributed by atoms with van der Waals surface area (Å²) < 4.78 is 0.933. The number of nitrogens with zero attached hydrogens (tertiary/aromatic N) is 2. The Bertz CT molecular complexity index is 853. The van der Waals surface area contributed by atoms with E-state index in [0.29, 0.717) is 12.5 Å². The van der Waals surface area contributed by atoms with E-state index in [1.165, 1.54) is 19.3 Å². The van der Waals surface area contributed by atoms with Crippen LogP contribution < -0.4 is 10.9 Å².